The van der Waals surface area contributed by atoms with Gasteiger partial charge in [0.2, 0.25) is 0 Å². The van der Waals surface area contributed by atoms with Gasteiger partial charge in [-0.05, 0) is 18.8 Å². The molecule has 62 valence electrons. The number of aromatic nitrogens is 3. The average molecular weight is 162 g/mol. The Morgan fingerprint density at radius 2 is 2.50 bits per heavy atom. The van der Waals surface area contributed by atoms with Crippen molar-refractivity contribution in [3.05, 3.63) is 12.2 Å². The summed E-state index contributed by atoms with van der Waals surface area (Å²) >= 11 is 0. The standard InChI is InChI=1S/C8H10N4/c9-4-3-8-10-6-11-12(8)5-7-1-2-7/h6-7H,1-3,5H2. The molecule has 0 saturated heterocycles. The van der Waals surface area contributed by atoms with Crippen LogP contribution in [0.1, 0.15) is 18.7 Å². The molecule has 4 nitrogen and oxygen atoms in total. The van der Waals surface area contributed by atoms with Crippen LogP contribution in [-0.4, -0.2) is 14.8 Å². The van der Waals surface area contributed by atoms with Crippen LogP contribution in [0.3, 0.4) is 0 Å². The largest absolute Gasteiger partial charge is 0.249 e. The SMILES string of the molecule is N#CCc1ncnn1CC1CC1. The number of hydrogen-bond acceptors (Lipinski definition) is 3. The molecule has 0 amide bonds. The molecule has 0 N–H and O–H groups in total. The number of rotatable bonds is 3. The normalized spacial score (nSPS) is 15.9. The van der Waals surface area contributed by atoms with Gasteiger partial charge in [0, 0.05) is 6.54 Å². The Morgan fingerprint density at radius 3 is 3.17 bits per heavy atom. The molecule has 1 aromatic rings. The highest BCUT2D eigenvalue weighted by atomic mass is 15.3. The van der Waals surface area contributed by atoms with Crippen LogP contribution in [0.25, 0.3) is 0 Å². The lowest BCUT2D eigenvalue weighted by Crippen LogP contribution is -2.06. The molecule has 1 aliphatic rings. The maximum atomic E-state index is 8.48. The first-order valence-electron chi connectivity index (χ1n) is 4.14. The third kappa shape index (κ3) is 1.45. The summed E-state index contributed by atoms with van der Waals surface area (Å²) in [5.41, 5.74) is 0. The Morgan fingerprint density at radius 1 is 1.67 bits per heavy atom. The predicted molar refractivity (Wildman–Crippen MR) is 42.1 cm³/mol. The highest BCUT2D eigenvalue weighted by Gasteiger charge is 2.23. The van der Waals surface area contributed by atoms with Crippen LogP contribution in [0.2, 0.25) is 0 Å². The van der Waals surface area contributed by atoms with E-state index in [1.165, 1.54) is 19.2 Å². The van der Waals surface area contributed by atoms with Crippen LogP contribution < -0.4 is 0 Å². The van der Waals surface area contributed by atoms with Gasteiger partial charge >= 0.3 is 0 Å². The number of hydrogen-bond donors (Lipinski definition) is 0. The summed E-state index contributed by atoms with van der Waals surface area (Å²) in [6, 6.07) is 2.08. The van der Waals surface area contributed by atoms with E-state index in [0.717, 1.165) is 18.3 Å². The molecule has 0 atom stereocenters. The van der Waals surface area contributed by atoms with Crippen molar-refractivity contribution in [2.75, 3.05) is 0 Å². The van der Waals surface area contributed by atoms with E-state index in [1.807, 2.05) is 4.68 Å². The number of nitriles is 1. The molecule has 0 bridgehead atoms. The quantitative estimate of drug-likeness (QED) is 0.659. The summed E-state index contributed by atoms with van der Waals surface area (Å²) in [5, 5.41) is 12.6. The second kappa shape index (κ2) is 2.94. The van der Waals surface area contributed by atoms with Gasteiger partial charge in [-0.15, -0.1) is 0 Å². The van der Waals surface area contributed by atoms with Crippen molar-refractivity contribution in [1.82, 2.24) is 14.8 Å². The lowest BCUT2D eigenvalue weighted by atomic mass is 10.4. The average Bonchev–Trinajstić information content (AvgIpc) is 2.76. The van der Waals surface area contributed by atoms with Gasteiger partial charge in [0.15, 0.2) is 0 Å². The highest BCUT2D eigenvalue weighted by molar-refractivity contribution is 4.95. The lowest BCUT2D eigenvalue weighted by molar-refractivity contribution is 0.542. The van der Waals surface area contributed by atoms with Crippen molar-refractivity contribution in [2.24, 2.45) is 5.92 Å². The van der Waals surface area contributed by atoms with Crippen LogP contribution >= 0.6 is 0 Å². The van der Waals surface area contributed by atoms with Gasteiger partial charge in [0.05, 0.1) is 12.5 Å². The first-order valence-corrected chi connectivity index (χ1v) is 4.14. The van der Waals surface area contributed by atoms with Crippen LogP contribution in [-0.2, 0) is 13.0 Å². The van der Waals surface area contributed by atoms with Gasteiger partial charge in [-0.3, -0.25) is 0 Å². The van der Waals surface area contributed by atoms with E-state index in [1.54, 1.807) is 0 Å². The van der Waals surface area contributed by atoms with Gasteiger partial charge < -0.3 is 0 Å². The fraction of sp³-hybridized carbons (Fsp3) is 0.625. The summed E-state index contributed by atoms with van der Waals surface area (Å²) in [6.45, 7) is 0.941. The monoisotopic (exact) mass is 162 g/mol. The molecule has 0 aliphatic heterocycles. The molecular weight excluding hydrogens is 152 g/mol. The summed E-state index contributed by atoms with van der Waals surface area (Å²) in [7, 11) is 0. The van der Waals surface area contributed by atoms with Gasteiger partial charge in [-0.1, -0.05) is 0 Å². The maximum absolute atomic E-state index is 8.48. The molecule has 1 saturated carbocycles. The third-order valence-electron chi connectivity index (χ3n) is 2.06. The maximum Gasteiger partial charge on any atom is 0.141 e. The van der Waals surface area contributed by atoms with E-state index in [2.05, 4.69) is 16.2 Å². The number of nitrogens with zero attached hydrogens (tertiary/aromatic N) is 4. The Balaban J connectivity index is 2.07. The third-order valence-corrected chi connectivity index (χ3v) is 2.06. The van der Waals surface area contributed by atoms with Crippen molar-refractivity contribution in [1.29, 1.82) is 5.26 Å². The zero-order chi connectivity index (χ0) is 8.39. The van der Waals surface area contributed by atoms with E-state index in [9.17, 15) is 0 Å². The molecule has 0 unspecified atom stereocenters. The van der Waals surface area contributed by atoms with E-state index < -0.39 is 0 Å². The molecule has 1 fully saturated rings. The Labute approximate surface area is 70.8 Å². The van der Waals surface area contributed by atoms with Gasteiger partial charge in [-0.2, -0.15) is 10.4 Å². The molecule has 4 heteroatoms. The summed E-state index contributed by atoms with van der Waals surface area (Å²) in [4.78, 5) is 4.02. The zero-order valence-corrected chi connectivity index (χ0v) is 6.77. The first-order chi connectivity index (χ1) is 5.90. The summed E-state index contributed by atoms with van der Waals surface area (Å²) < 4.78 is 1.85. The van der Waals surface area contributed by atoms with Crippen LogP contribution in [0.4, 0.5) is 0 Å². The molecule has 0 radical (unpaired) electrons. The molecule has 0 spiro atoms. The van der Waals surface area contributed by atoms with Crippen LogP contribution in [0, 0.1) is 17.2 Å². The van der Waals surface area contributed by atoms with Crippen molar-refractivity contribution < 1.29 is 0 Å². The van der Waals surface area contributed by atoms with E-state index in [0.29, 0.717) is 6.42 Å². The molecule has 1 aromatic heterocycles. The minimum absolute atomic E-state index is 0.368. The second-order valence-corrected chi connectivity index (χ2v) is 3.14. The van der Waals surface area contributed by atoms with Crippen molar-refractivity contribution in [3.63, 3.8) is 0 Å². The van der Waals surface area contributed by atoms with Gasteiger partial charge in [-0.25, -0.2) is 9.67 Å². The van der Waals surface area contributed by atoms with Crippen molar-refractivity contribution in [3.8, 4) is 6.07 Å². The fourth-order valence-corrected chi connectivity index (χ4v) is 1.19. The molecule has 1 heterocycles. The topological polar surface area (TPSA) is 54.5 Å². The van der Waals surface area contributed by atoms with Crippen molar-refractivity contribution in [2.45, 2.75) is 25.8 Å². The van der Waals surface area contributed by atoms with E-state index in [-0.39, 0.29) is 0 Å². The van der Waals surface area contributed by atoms with Crippen molar-refractivity contribution >= 4 is 0 Å². The Kier molecular flexibility index (Phi) is 1.78. The summed E-state index contributed by atoms with van der Waals surface area (Å²) in [5.74, 6) is 1.58. The predicted octanol–water partition coefficient (Wildman–Crippen LogP) is 0.754. The second-order valence-electron chi connectivity index (χ2n) is 3.14. The molecule has 2 rings (SSSR count). The zero-order valence-electron chi connectivity index (χ0n) is 6.77. The molecule has 0 aromatic carbocycles. The minimum atomic E-state index is 0.368. The first kappa shape index (κ1) is 7.29. The minimum Gasteiger partial charge on any atom is -0.249 e. The van der Waals surface area contributed by atoms with Crippen LogP contribution in [0.5, 0.6) is 0 Å². The molecular formula is C8H10N4. The van der Waals surface area contributed by atoms with E-state index >= 15 is 0 Å². The summed E-state index contributed by atoms with van der Waals surface area (Å²) in [6.07, 6.45) is 4.49. The van der Waals surface area contributed by atoms with Gasteiger partial charge in [0.25, 0.3) is 0 Å². The Bertz CT molecular complexity index is 305. The van der Waals surface area contributed by atoms with Crippen LogP contribution in [0.15, 0.2) is 6.33 Å². The van der Waals surface area contributed by atoms with E-state index in [4.69, 9.17) is 5.26 Å². The Hall–Kier alpha value is -1.37. The lowest BCUT2D eigenvalue weighted by Gasteiger charge is -2.00. The molecule has 12 heavy (non-hydrogen) atoms. The molecule has 1 aliphatic carbocycles. The highest BCUT2D eigenvalue weighted by Crippen LogP contribution is 2.30. The smallest absolute Gasteiger partial charge is 0.141 e. The van der Waals surface area contributed by atoms with Gasteiger partial charge in [0.1, 0.15) is 12.2 Å². The fourth-order valence-electron chi connectivity index (χ4n) is 1.19.